The molecule has 0 aromatic carbocycles. The molecular formula is C22H44O4. The Morgan fingerprint density at radius 3 is 1.92 bits per heavy atom. The lowest BCUT2D eigenvalue weighted by Gasteiger charge is -2.29. The van der Waals surface area contributed by atoms with E-state index in [-0.39, 0.29) is 17.2 Å². The highest BCUT2D eigenvalue weighted by Crippen LogP contribution is 2.21. The smallest absolute Gasteiger partial charge is 0.305 e. The lowest BCUT2D eigenvalue weighted by atomic mass is 10.0. The normalized spacial score (nSPS) is 12.4. The van der Waals surface area contributed by atoms with E-state index in [4.69, 9.17) is 14.2 Å². The molecule has 0 N–H and O–H groups in total. The molecule has 0 saturated carbocycles. The van der Waals surface area contributed by atoms with Crippen LogP contribution in [0.25, 0.3) is 0 Å². The van der Waals surface area contributed by atoms with E-state index in [1.807, 2.05) is 20.8 Å². The van der Waals surface area contributed by atoms with Crippen LogP contribution in [-0.4, -0.2) is 37.0 Å². The number of carbonyl (C=O) groups is 1. The molecule has 4 heteroatoms. The lowest BCUT2D eigenvalue weighted by Crippen LogP contribution is -2.31. The summed E-state index contributed by atoms with van der Waals surface area (Å²) in [6.45, 7) is 14.3. The summed E-state index contributed by atoms with van der Waals surface area (Å²) < 4.78 is 17.0. The van der Waals surface area contributed by atoms with E-state index in [2.05, 4.69) is 20.8 Å². The predicted octanol–water partition coefficient (Wildman–Crippen LogP) is 6.06. The van der Waals surface area contributed by atoms with Gasteiger partial charge in [-0.15, -0.1) is 0 Å². The van der Waals surface area contributed by atoms with Crippen LogP contribution in [0.4, 0.5) is 0 Å². The zero-order valence-corrected chi connectivity index (χ0v) is 18.3. The van der Waals surface area contributed by atoms with Crippen molar-refractivity contribution in [3.05, 3.63) is 0 Å². The summed E-state index contributed by atoms with van der Waals surface area (Å²) in [5, 5.41) is 0. The highest BCUT2D eigenvalue weighted by molar-refractivity contribution is 5.69. The van der Waals surface area contributed by atoms with Crippen molar-refractivity contribution in [2.45, 2.75) is 117 Å². The van der Waals surface area contributed by atoms with E-state index in [0.29, 0.717) is 32.7 Å². The Kier molecular flexibility index (Phi) is 14.1. The number of rotatable bonds is 17. The Morgan fingerprint density at radius 1 is 0.731 bits per heavy atom. The Bertz CT molecular complexity index is 350. The van der Waals surface area contributed by atoms with Gasteiger partial charge in [-0.2, -0.15) is 0 Å². The molecule has 0 unspecified atom stereocenters. The van der Waals surface area contributed by atoms with Crippen LogP contribution in [0.1, 0.15) is 106 Å². The molecule has 0 fully saturated rings. The molecule has 4 nitrogen and oxygen atoms in total. The molecule has 0 aromatic heterocycles. The van der Waals surface area contributed by atoms with Crippen molar-refractivity contribution in [3.63, 3.8) is 0 Å². The molecule has 0 aliphatic heterocycles. The van der Waals surface area contributed by atoms with E-state index in [9.17, 15) is 4.79 Å². The molecule has 156 valence electrons. The van der Waals surface area contributed by atoms with Gasteiger partial charge in [0.1, 0.15) is 0 Å². The zero-order chi connectivity index (χ0) is 19.9. The first kappa shape index (κ1) is 25.4. The summed E-state index contributed by atoms with van der Waals surface area (Å²) >= 11 is 0. The van der Waals surface area contributed by atoms with E-state index in [0.717, 1.165) is 19.3 Å². The molecule has 0 amide bonds. The van der Waals surface area contributed by atoms with Gasteiger partial charge in [0.25, 0.3) is 0 Å². The Hall–Kier alpha value is -0.610. The van der Waals surface area contributed by atoms with Crippen molar-refractivity contribution in [2.24, 2.45) is 0 Å². The summed E-state index contributed by atoms with van der Waals surface area (Å²) in [6, 6.07) is 0. The van der Waals surface area contributed by atoms with Gasteiger partial charge >= 0.3 is 5.97 Å². The predicted molar refractivity (Wildman–Crippen MR) is 109 cm³/mol. The monoisotopic (exact) mass is 372 g/mol. The van der Waals surface area contributed by atoms with Crippen LogP contribution >= 0.6 is 0 Å². The Labute approximate surface area is 162 Å². The second-order valence-corrected chi connectivity index (χ2v) is 8.39. The fourth-order valence-electron chi connectivity index (χ4n) is 2.83. The van der Waals surface area contributed by atoms with Gasteiger partial charge in [-0.25, -0.2) is 0 Å². The van der Waals surface area contributed by atoms with E-state index in [1.54, 1.807) is 0 Å². The lowest BCUT2D eigenvalue weighted by molar-refractivity contribution is -0.146. The van der Waals surface area contributed by atoms with Crippen LogP contribution in [0, 0.1) is 0 Å². The minimum Gasteiger partial charge on any atom is -0.466 e. The van der Waals surface area contributed by atoms with Gasteiger partial charge in [-0.3, -0.25) is 4.79 Å². The van der Waals surface area contributed by atoms with Crippen LogP contribution in [0.2, 0.25) is 0 Å². The number of hydrogen-bond acceptors (Lipinski definition) is 4. The van der Waals surface area contributed by atoms with Crippen molar-refractivity contribution in [2.75, 3.05) is 19.8 Å². The fraction of sp³-hybridized carbons (Fsp3) is 0.955. The van der Waals surface area contributed by atoms with Gasteiger partial charge in [0.05, 0.1) is 24.4 Å². The Balaban J connectivity index is 3.72. The van der Waals surface area contributed by atoms with Gasteiger partial charge in [0.2, 0.25) is 0 Å². The molecule has 26 heavy (non-hydrogen) atoms. The van der Waals surface area contributed by atoms with Gasteiger partial charge < -0.3 is 14.2 Å². The van der Waals surface area contributed by atoms with Crippen LogP contribution < -0.4 is 0 Å². The van der Waals surface area contributed by atoms with Crippen molar-refractivity contribution in [3.8, 4) is 0 Å². The second-order valence-electron chi connectivity index (χ2n) is 8.39. The third-order valence-electron chi connectivity index (χ3n) is 4.67. The second kappa shape index (κ2) is 14.4. The number of carbonyl (C=O) groups excluding carboxylic acids is 1. The third-order valence-corrected chi connectivity index (χ3v) is 4.67. The zero-order valence-electron chi connectivity index (χ0n) is 18.3. The number of unbranched alkanes of at least 4 members (excludes halogenated alkanes) is 6. The summed E-state index contributed by atoms with van der Waals surface area (Å²) in [7, 11) is 0. The van der Waals surface area contributed by atoms with Crippen LogP contribution in [0.5, 0.6) is 0 Å². The van der Waals surface area contributed by atoms with Gasteiger partial charge in [0.15, 0.2) is 0 Å². The highest BCUT2D eigenvalue weighted by atomic mass is 16.5. The fourth-order valence-corrected chi connectivity index (χ4v) is 2.83. The van der Waals surface area contributed by atoms with Gasteiger partial charge in [-0.1, -0.05) is 45.4 Å². The standard InChI is InChI=1S/C22H44O4/c1-7-9-10-11-12-13-14-18-24-20(23)15-16-21(3,4)26-19-17-22(5,6)25-8-2/h7-19H2,1-6H3. The molecule has 0 rings (SSSR count). The molecule has 0 saturated heterocycles. The van der Waals surface area contributed by atoms with E-state index >= 15 is 0 Å². The molecule has 0 aromatic rings. The van der Waals surface area contributed by atoms with E-state index < -0.39 is 0 Å². The maximum Gasteiger partial charge on any atom is 0.305 e. The van der Waals surface area contributed by atoms with Gasteiger partial charge in [-0.05, 0) is 53.9 Å². The molecule has 0 aliphatic carbocycles. The van der Waals surface area contributed by atoms with E-state index in [1.165, 1.54) is 32.1 Å². The largest absolute Gasteiger partial charge is 0.466 e. The molecule has 0 radical (unpaired) electrons. The van der Waals surface area contributed by atoms with Crippen LogP contribution in [0.15, 0.2) is 0 Å². The maximum atomic E-state index is 11.9. The average molecular weight is 373 g/mol. The van der Waals surface area contributed by atoms with Crippen LogP contribution in [-0.2, 0) is 19.0 Å². The summed E-state index contributed by atoms with van der Waals surface area (Å²) in [4.78, 5) is 11.9. The number of esters is 1. The number of ether oxygens (including phenoxy) is 3. The molecule has 0 atom stereocenters. The van der Waals surface area contributed by atoms with Crippen molar-refractivity contribution < 1.29 is 19.0 Å². The van der Waals surface area contributed by atoms with Crippen LogP contribution in [0.3, 0.4) is 0 Å². The minimum atomic E-state index is -0.319. The molecular weight excluding hydrogens is 328 g/mol. The maximum absolute atomic E-state index is 11.9. The average Bonchev–Trinajstić information content (AvgIpc) is 2.55. The first-order chi connectivity index (χ1) is 12.2. The molecule has 0 bridgehead atoms. The summed E-state index contributed by atoms with van der Waals surface area (Å²) in [5.41, 5.74) is -0.485. The first-order valence-corrected chi connectivity index (χ1v) is 10.7. The van der Waals surface area contributed by atoms with Crippen molar-refractivity contribution in [1.29, 1.82) is 0 Å². The topological polar surface area (TPSA) is 44.8 Å². The molecule has 0 spiro atoms. The summed E-state index contributed by atoms with van der Waals surface area (Å²) in [5.74, 6) is -0.109. The molecule has 0 heterocycles. The number of hydrogen-bond donors (Lipinski definition) is 0. The third kappa shape index (κ3) is 15.6. The SMILES string of the molecule is CCCCCCCCCOC(=O)CCC(C)(C)OCCC(C)(C)OCC. The molecule has 0 aliphatic rings. The van der Waals surface area contributed by atoms with Crippen molar-refractivity contribution in [1.82, 2.24) is 0 Å². The quantitative estimate of drug-likeness (QED) is 0.230. The van der Waals surface area contributed by atoms with Crippen molar-refractivity contribution >= 4 is 5.97 Å². The Morgan fingerprint density at radius 2 is 1.31 bits per heavy atom. The van der Waals surface area contributed by atoms with Gasteiger partial charge in [0, 0.05) is 13.0 Å². The minimum absolute atomic E-state index is 0.109. The summed E-state index contributed by atoms with van der Waals surface area (Å²) in [6.07, 6.45) is 10.5. The highest BCUT2D eigenvalue weighted by Gasteiger charge is 2.23. The first-order valence-electron chi connectivity index (χ1n) is 10.7.